The van der Waals surface area contributed by atoms with Crippen molar-refractivity contribution in [3.63, 3.8) is 0 Å². The number of nitrogens with zero attached hydrogens (tertiary/aromatic N) is 3. The van der Waals surface area contributed by atoms with Crippen molar-refractivity contribution in [1.82, 2.24) is 15.0 Å². The summed E-state index contributed by atoms with van der Waals surface area (Å²) in [5.74, 6) is -0.0809. The van der Waals surface area contributed by atoms with Crippen molar-refractivity contribution in [1.29, 1.82) is 0 Å². The molecule has 0 aliphatic carbocycles. The van der Waals surface area contributed by atoms with E-state index in [1.165, 1.54) is 4.80 Å². The number of ketones is 1. The quantitative estimate of drug-likeness (QED) is 0.696. The van der Waals surface area contributed by atoms with Gasteiger partial charge in [-0.05, 0) is 43.3 Å². The van der Waals surface area contributed by atoms with Gasteiger partial charge in [0.15, 0.2) is 5.78 Å². The summed E-state index contributed by atoms with van der Waals surface area (Å²) >= 11 is 5.86. The molecule has 0 aliphatic rings. The number of halogens is 1. The van der Waals surface area contributed by atoms with E-state index < -0.39 is 0 Å². The van der Waals surface area contributed by atoms with Crippen LogP contribution in [0, 0.1) is 6.92 Å². The van der Waals surface area contributed by atoms with Crippen LogP contribution in [0.25, 0.3) is 5.69 Å². The Kier molecular flexibility index (Phi) is 3.54. The van der Waals surface area contributed by atoms with Crippen molar-refractivity contribution >= 4 is 17.4 Å². The molecular formula is C16H12ClN3O. The van der Waals surface area contributed by atoms with E-state index in [-0.39, 0.29) is 5.78 Å². The molecule has 0 N–H and O–H groups in total. The summed E-state index contributed by atoms with van der Waals surface area (Å²) in [7, 11) is 0. The maximum absolute atomic E-state index is 12.7. The molecule has 21 heavy (non-hydrogen) atoms. The van der Waals surface area contributed by atoms with E-state index in [0.717, 1.165) is 5.56 Å². The number of aromatic nitrogens is 3. The fourth-order valence-electron chi connectivity index (χ4n) is 2.10. The highest BCUT2D eigenvalue weighted by Gasteiger charge is 2.16. The highest BCUT2D eigenvalue weighted by Crippen LogP contribution is 2.20. The maximum Gasteiger partial charge on any atom is 0.195 e. The first-order valence-corrected chi connectivity index (χ1v) is 6.80. The molecule has 0 aliphatic heterocycles. The number of benzene rings is 2. The van der Waals surface area contributed by atoms with Crippen LogP contribution in [0.15, 0.2) is 54.9 Å². The van der Waals surface area contributed by atoms with Crippen molar-refractivity contribution in [3.8, 4) is 5.69 Å². The third-order valence-electron chi connectivity index (χ3n) is 3.14. The smallest absolute Gasteiger partial charge is 0.195 e. The molecule has 0 spiro atoms. The largest absolute Gasteiger partial charge is 0.289 e. The molecule has 2 aromatic carbocycles. The average Bonchev–Trinajstić information content (AvgIpc) is 3.01. The topological polar surface area (TPSA) is 47.8 Å². The van der Waals surface area contributed by atoms with Crippen LogP contribution in [0.1, 0.15) is 21.5 Å². The molecule has 0 fully saturated rings. The highest BCUT2D eigenvalue weighted by atomic mass is 35.5. The third kappa shape index (κ3) is 2.71. The van der Waals surface area contributed by atoms with Crippen molar-refractivity contribution in [2.45, 2.75) is 6.92 Å². The van der Waals surface area contributed by atoms with Gasteiger partial charge in [-0.15, -0.1) is 0 Å². The fraction of sp³-hybridized carbons (Fsp3) is 0.0625. The Bertz CT molecular complexity index is 780. The van der Waals surface area contributed by atoms with Gasteiger partial charge in [-0.1, -0.05) is 23.2 Å². The molecule has 0 saturated carbocycles. The zero-order valence-electron chi connectivity index (χ0n) is 11.3. The monoisotopic (exact) mass is 297 g/mol. The van der Waals surface area contributed by atoms with Crippen LogP contribution in [0.3, 0.4) is 0 Å². The van der Waals surface area contributed by atoms with E-state index in [9.17, 15) is 4.79 Å². The molecule has 0 bridgehead atoms. The number of hydrogen-bond donors (Lipinski definition) is 0. The zero-order valence-corrected chi connectivity index (χ0v) is 12.1. The van der Waals surface area contributed by atoms with E-state index in [2.05, 4.69) is 10.2 Å². The Morgan fingerprint density at radius 3 is 2.38 bits per heavy atom. The summed E-state index contributed by atoms with van der Waals surface area (Å²) in [5, 5.41) is 8.80. The summed E-state index contributed by atoms with van der Waals surface area (Å²) in [6.07, 6.45) is 3.16. The molecule has 3 rings (SSSR count). The fourth-order valence-corrected chi connectivity index (χ4v) is 2.23. The minimum absolute atomic E-state index is 0.0809. The van der Waals surface area contributed by atoms with Gasteiger partial charge in [-0.25, -0.2) is 0 Å². The molecule has 1 aromatic heterocycles. The van der Waals surface area contributed by atoms with Crippen molar-refractivity contribution < 1.29 is 4.79 Å². The molecule has 3 aromatic rings. The van der Waals surface area contributed by atoms with Crippen molar-refractivity contribution in [2.75, 3.05) is 0 Å². The van der Waals surface area contributed by atoms with E-state index in [4.69, 9.17) is 11.6 Å². The summed E-state index contributed by atoms with van der Waals surface area (Å²) in [4.78, 5) is 14.2. The van der Waals surface area contributed by atoms with Gasteiger partial charge in [0, 0.05) is 10.6 Å². The molecule has 0 unspecified atom stereocenters. The Morgan fingerprint density at radius 1 is 1.05 bits per heavy atom. The summed E-state index contributed by atoms with van der Waals surface area (Å²) in [5.41, 5.74) is 2.81. The molecule has 0 radical (unpaired) electrons. The van der Waals surface area contributed by atoms with Gasteiger partial charge >= 0.3 is 0 Å². The SMILES string of the molecule is Cc1ccc(-n2nccn2)c(C(=O)c2ccc(Cl)cc2)c1. The van der Waals surface area contributed by atoms with Gasteiger partial charge in [0.2, 0.25) is 0 Å². The predicted molar refractivity (Wildman–Crippen MR) is 81.0 cm³/mol. The van der Waals surface area contributed by atoms with E-state index in [1.807, 2.05) is 25.1 Å². The van der Waals surface area contributed by atoms with Gasteiger partial charge in [0.05, 0.1) is 23.6 Å². The van der Waals surface area contributed by atoms with Crippen LogP contribution in [-0.4, -0.2) is 20.8 Å². The van der Waals surface area contributed by atoms with E-state index >= 15 is 0 Å². The number of rotatable bonds is 3. The lowest BCUT2D eigenvalue weighted by Crippen LogP contribution is -2.10. The standard InChI is InChI=1S/C16H12ClN3O/c1-11-2-7-15(20-18-8-9-19-20)14(10-11)16(21)12-3-5-13(17)6-4-12/h2-10H,1H3. The lowest BCUT2D eigenvalue weighted by Gasteiger charge is -2.09. The number of hydrogen-bond acceptors (Lipinski definition) is 3. The minimum atomic E-state index is -0.0809. The van der Waals surface area contributed by atoms with Crippen LogP contribution in [-0.2, 0) is 0 Å². The van der Waals surface area contributed by atoms with Crippen molar-refractivity contribution in [2.24, 2.45) is 0 Å². The zero-order chi connectivity index (χ0) is 14.8. The van der Waals surface area contributed by atoms with Crippen molar-refractivity contribution in [3.05, 3.63) is 76.6 Å². The van der Waals surface area contributed by atoms with E-state index in [1.54, 1.807) is 36.7 Å². The first-order chi connectivity index (χ1) is 10.1. The van der Waals surface area contributed by atoms with Crippen LogP contribution in [0.4, 0.5) is 0 Å². The summed E-state index contributed by atoms with van der Waals surface area (Å²) < 4.78 is 0. The second-order valence-corrected chi connectivity index (χ2v) is 5.11. The Balaban J connectivity index is 2.11. The normalized spacial score (nSPS) is 10.6. The Hall–Kier alpha value is -2.46. The molecule has 1 heterocycles. The van der Waals surface area contributed by atoms with Crippen LogP contribution >= 0.6 is 11.6 Å². The first-order valence-electron chi connectivity index (χ1n) is 6.43. The Morgan fingerprint density at radius 2 is 1.71 bits per heavy atom. The van der Waals surface area contributed by atoms with Crippen LogP contribution < -0.4 is 0 Å². The summed E-state index contributed by atoms with van der Waals surface area (Å²) in [6.45, 7) is 1.94. The van der Waals surface area contributed by atoms with Crippen LogP contribution in [0.2, 0.25) is 5.02 Å². The first kappa shape index (κ1) is 13.5. The molecule has 4 nitrogen and oxygen atoms in total. The van der Waals surface area contributed by atoms with Gasteiger partial charge in [-0.2, -0.15) is 15.0 Å². The second-order valence-electron chi connectivity index (χ2n) is 4.68. The highest BCUT2D eigenvalue weighted by molar-refractivity contribution is 6.30. The predicted octanol–water partition coefficient (Wildman–Crippen LogP) is 3.46. The molecule has 104 valence electrons. The number of carbonyl (C=O) groups is 1. The number of carbonyl (C=O) groups excluding carboxylic acids is 1. The molecule has 5 heteroatoms. The molecular weight excluding hydrogens is 286 g/mol. The third-order valence-corrected chi connectivity index (χ3v) is 3.39. The lowest BCUT2D eigenvalue weighted by atomic mass is 10.00. The maximum atomic E-state index is 12.7. The molecule has 0 atom stereocenters. The van der Waals surface area contributed by atoms with Gasteiger partial charge < -0.3 is 0 Å². The number of aryl methyl sites for hydroxylation is 1. The van der Waals surface area contributed by atoms with E-state index in [0.29, 0.717) is 21.8 Å². The molecule has 0 saturated heterocycles. The van der Waals surface area contributed by atoms with Gasteiger partial charge in [0.25, 0.3) is 0 Å². The average molecular weight is 298 g/mol. The van der Waals surface area contributed by atoms with Gasteiger partial charge in [0.1, 0.15) is 0 Å². The lowest BCUT2D eigenvalue weighted by molar-refractivity contribution is 0.103. The Labute approximate surface area is 127 Å². The van der Waals surface area contributed by atoms with Crippen LogP contribution in [0.5, 0.6) is 0 Å². The van der Waals surface area contributed by atoms with Gasteiger partial charge in [-0.3, -0.25) is 4.79 Å². The second kappa shape index (κ2) is 5.50. The summed E-state index contributed by atoms with van der Waals surface area (Å²) in [6, 6.07) is 12.5. The molecule has 0 amide bonds. The minimum Gasteiger partial charge on any atom is -0.289 e.